The van der Waals surface area contributed by atoms with Crippen molar-refractivity contribution < 1.29 is 18.1 Å². The molecule has 1 aromatic heterocycles. The van der Waals surface area contributed by atoms with Crippen LogP contribution in [0.15, 0.2) is 65.7 Å². The van der Waals surface area contributed by atoms with Gasteiger partial charge in [0.2, 0.25) is 10.0 Å². The van der Waals surface area contributed by atoms with E-state index in [0.717, 1.165) is 5.56 Å². The first-order chi connectivity index (χ1) is 15.7. The van der Waals surface area contributed by atoms with Gasteiger partial charge in [0.1, 0.15) is 0 Å². The molecular weight excluding hydrogens is 446 g/mol. The van der Waals surface area contributed by atoms with Crippen LogP contribution in [0.1, 0.15) is 42.9 Å². The smallest absolute Gasteiger partial charge is 0.272 e. The van der Waals surface area contributed by atoms with E-state index in [9.17, 15) is 23.3 Å². The summed E-state index contributed by atoms with van der Waals surface area (Å²) in [6.07, 6.45) is 1.59. The van der Waals surface area contributed by atoms with Crippen LogP contribution >= 0.6 is 0 Å². The molecule has 0 radical (unpaired) electrons. The van der Waals surface area contributed by atoms with Crippen molar-refractivity contribution in [1.82, 2.24) is 19.4 Å². The van der Waals surface area contributed by atoms with Gasteiger partial charge in [0.25, 0.3) is 11.6 Å². The molecule has 10 nitrogen and oxygen atoms in total. The number of benzene rings is 2. The van der Waals surface area contributed by atoms with Crippen molar-refractivity contribution in [2.75, 3.05) is 13.1 Å². The van der Waals surface area contributed by atoms with E-state index in [1.807, 2.05) is 0 Å². The first-order valence-corrected chi connectivity index (χ1v) is 11.8. The molecule has 0 saturated heterocycles. The number of nitro benzene ring substituents is 1. The van der Waals surface area contributed by atoms with Crippen molar-refractivity contribution in [3.63, 3.8) is 0 Å². The fourth-order valence-corrected chi connectivity index (χ4v) is 4.77. The fourth-order valence-electron chi connectivity index (χ4n) is 3.31. The average molecular weight is 472 g/mol. The second kappa shape index (κ2) is 9.92. The Labute approximate surface area is 192 Å². The zero-order valence-corrected chi connectivity index (χ0v) is 19.3. The van der Waals surface area contributed by atoms with Gasteiger partial charge in [-0.3, -0.25) is 14.9 Å². The molecule has 0 aliphatic rings. The number of nitrogens with one attached hydrogen (secondary N) is 1. The number of nitrogens with zero attached hydrogens (tertiary/aromatic N) is 4. The van der Waals surface area contributed by atoms with Gasteiger partial charge in [-0.1, -0.05) is 26.0 Å². The Hall–Kier alpha value is -3.57. The topological polar surface area (TPSA) is 127 Å². The Bertz CT molecular complexity index is 1230. The number of nitro groups is 1. The molecule has 0 saturated carbocycles. The summed E-state index contributed by atoms with van der Waals surface area (Å²) in [5.74, 6) is -0.400. The van der Waals surface area contributed by atoms with Gasteiger partial charge in [0, 0.05) is 31.4 Å². The fraction of sp³-hybridized carbons (Fsp3) is 0.273. The lowest BCUT2D eigenvalue weighted by molar-refractivity contribution is -0.384. The van der Waals surface area contributed by atoms with E-state index < -0.39 is 20.9 Å². The van der Waals surface area contributed by atoms with Gasteiger partial charge in [0.05, 0.1) is 21.5 Å². The zero-order chi connectivity index (χ0) is 24.2. The Kier molecular flexibility index (Phi) is 7.24. The van der Waals surface area contributed by atoms with E-state index in [0.29, 0.717) is 18.8 Å². The molecule has 3 rings (SSSR count). The second-order valence-corrected chi connectivity index (χ2v) is 9.21. The number of carbonyl (C=O) groups excluding carboxylic acids is 1. The Morgan fingerprint density at radius 3 is 2.24 bits per heavy atom. The number of sulfonamides is 1. The molecule has 1 unspecified atom stereocenters. The Morgan fingerprint density at radius 1 is 1.09 bits per heavy atom. The summed E-state index contributed by atoms with van der Waals surface area (Å²) in [5, 5.41) is 17.9. The van der Waals surface area contributed by atoms with Crippen molar-refractivity contribution in [2.24, 2.45) is 0 Å². The highest BCUT2D eigenvalue weighted by Crippen LogP contribution is 2.20. The molecule has 1 N–H and O–H groups in total. The van der Waals surface area contributed by atoms with Crippen LogP contribution in [0.25, 0.3) is 5.69 Å². The van der Waals surface area contributed by atoms with Crippen molar-refractivity contribution in [3.05, 3.63) is 82.2 Å². The van der Waals surface area contributed by atoms with Crippen molar-refractivity contribution in [1.29, 1.82) is 0 Å². The lowest BCUT2D eigenvalue weighted by atomic mass is 10.1. The molecule has 1 amide bonds. The van der Waals surface area contributed by atoms with Crippen LogP contribution in [0.4, 0.5) is 5.69 Å². The van der Waals surface area contributed by atoms with Gasteiger partial charge < -0.3 is 5.32 Å². The molecule has 1 atom stereocenters. The average Bonchev–Trinajstić information content (AvgIpc) is 3.30. The predicted molar refractivity (Wildman–Crippen MR) is 123 cm³/mol. The third kappa shape index (κ3) is 5.26. The predicted octanol–water partition coefficient (Wildman–Crippen LogP) is 3.30. The van der Waals surface area contributed by atoms with Crippen LogP contribution in [-0.4, -0.2) is 46.4 Å². The molecule has 0 spiro atoms. The highest BCUT2D eigenvalue weighted by molar-refractivity contribution is 7.89. The molecule has 1 heterocycles. The molecule has 33 heavy (non-hydrogen) atoms. The summed E-state index contributed by atoms with van der Waals surface area (Å²) < 4.78 is 28.1. The maximum Gasteiger partial charge on any atom is 0.272 e. The number of amides is 1. The van der Waals surface area contributed by atoms with Crippen LogP contribution in [0, 0.1) is 10.1 Å². The van der Waals surface area contributed by atoms with Crippen LogP contribution < -0.4 is 5.32 Å². The highest BCUT2D eigenvalue weighted by Gasteiger charge is 2.22. The van der Waals surface area contributed by atoms with Crippen molar-refractivity contribution in [3.8, 4) is 5.69 Å². The van der Waals surface area contributed by atoms with Crippen LogP contribution in [-0.2, 0) is 10.0 Å². The standard InChI is InChI=1S/C22H25N5O5S/c1-4-25(5-2)33(31,32)20-12-6-17(7-13-20)16(3)23-22(28)21-14-15-26(24-21)18-8-10-19(11-9-18)27(29)30/h6-16H,4-5H2,1-3H3,(H,23,28). The van der Waals surface area contributed by atoms with Gasteiger partial charge in [-0.15, -0.1) is 0 Å². The molecule has 0 aliphatic heterocycles. The number of hydrogen-bond donors (Lipinski definition) is 1. The summed E-state index contributed by atoms with van der Waals surface area (Å²) in [4.78, 5) is 23.1. The number of non-ortho nitro benzene ring substituents is 1. The normalized spacial score (nSPS) is 12.5. The summed E-state index contributed by atoms with van der Waals surface area (Å²) in [5.41, 5.74) is 1.48. The van der Waals surface area contributed by atoms with E-state index in [4.69, 9.17) is 0 Å². The number of hydrogen-bond acceptors (Lipinski definition) is 6. The first-order valence-electron chi connectivity index (χ1n) is 10.4. The molecular formula is C22H25N5O5S. The van der Waals surface area contributed by atoms with Crippen LogP contribution in [0.2, 0.25) is 0 Å². The van der Waals surface area contributed by atoms with Gasteiger partial charge in [-0.25, -0.2) is 13.1 Å². The van der Waals surface area contributed by atoms with E-state index in [2.05, 4.69) is 10.4 Å². The lowest BCUT2D eigenvalue weighted by Gasteiger charge is -2.19. The SMILES string of the molecule is CCN(CC)S(=O)(=O)c1ccc(C(C)NC(=O)c2ccn(-c3ccc([N+](=O)[O-])cc3)n2)cc1. The quantitative estimate of drug-likeness (QED) is 0.377. The Morgan fingerprint density at radius 2 is 1.70 bits per heavy atom. The van der Waals surface area contributed by atoms with Gasteiger partial charge in [-0.05, 0) is 42.8 Å². The summed E-state index contributed by atoms with van der Waals surface area (Å²) in [6, 6.07) is 13.4. The maximum atomic E-state index is 12.6. The Balaban J connectivity index is 1.69. The molecule has 0 aliphatic carbocycles. The molecule has 0 fully saturated rings. The summed E-state index contributed by atoms with van der Waals surface area (Å²) in [6.45, 7) is 6.14. The summed E-state index contributed by atoms with van der Waals surface area (Å²) >= 11 is 0. The summed E-state index contributed by atoms with van der Waals surface area (Å²) in [7, 11) is -3.54. The number of aromatic nitrogens is 2. The largest absolute Gasteiger partial charge is 0.344 e. The molecule has 3 aromatic rings. The van der Waals surface area contributed by atoms with E-state index >= 15 is 0 Å². The van der Waals surface area contributed by atoms with Gasteiger partial charge in [0.15, 0.2) is 5.69 Å². The lowest BCUT2D eigenvalue weighted by Crippen LogP contribution is -2.30. The molecule has 174 valence electrons. The third-order valence-corrected chi connectivity index (χ3v) is 7.28. The third-order valence-electron chi connectivity index (χ3n) is 5.22. The molecule has 2 aromatic carbocycles. The minimum absolute atomic E-state index is 0.0337. The maximum absolute atomic E-state index is 12.6. The minimum atomic E-state index is -3.54. The van der Waals surface area contributed by atoms with E-state index in [-0.39, 0.29) is 22.3 Å². The van der Waals surface area contributed by atoms with Crippen molar-refractivity contribution >= 4 is 21.6 Å². The van der Waals surface area contributed by atoms with Crippen LogP contribution in [0.3, 0.4) is 0 Å². The highest BCUT2D eigenvalue weighted by atomic mass is 32.2. The molecule has 0 bridgehead atoms. The minimum Gasteiger partial charge on any atom is -0.344 e. The van der Waals surface area contributed by atoms with Crippen molar-refractivity contribution in [2.45, 2.75) is 31.7 Å². The number of rotatable bonds is 9. The second-order valence-electron chi connectivity index (χ2n) is 7.27. The molecule has 11 heteroatoms. The number of carbonyl (C=O) groups is 1. The van der Waals surface area contributed by atoms with Gasteiger partial charge >= 0.3 is 0 Å². The first kappa shape index (κ1) is 24.1. The van der Waals surface area contributed by atoms with E-state index in [1.165, 1.54) is 33.3 Å². The van der Waals surface area contributed by atoms with Gasteiger partial charge in [-0.2, -0.15) is 9.40 Å². The van der Waals surface area contributed by atoms with E-state index in [1.54, 1.807) is 57.3 Å². The van der Waals surface area contributed by atoms with Crippen LogP contribution in [0.5, 0.6) is 0 Å². The zero-order valence-electron chi connectivity index (χ0n) is 18.5. The monoisotopic (exact) mass is 471 g/mol.